The number of anilines is 1. The first-order valence-electron chi connectivity index (χ1n) is 8.32. The molecule has 0 spiro atoms. The van der Waals surface area contributed by atoms with Crippen molar-refractivity contribution in [3.63, 3.8) is 0 Å². The molecule has 1 fully saturated rings. The Morgan fingerprint density at radius 2 is 2.29 bits per heavy atom. The Balaban J connectivity index is 1.38. The summed E-state index contributed by atoms with van der Waals surface area (Å²) in [6, 6.07) is 4.47. The molecule has 7 heteroatoms. The zero-order chi connectivity index (χ0) is 16.5. The van der Waals surface area contributed by atoms with Gasteiger partial charge in [0.25, 0.3) is 0 Å². The van der Waals surface area contributed by atoms with Crippen LogP contribution >= 0.6 is 11.3 Å². The Morgan fingerprint density at radius 1 is 1.38 bits per heavy atom. The van der Waals surface area contributed by atoms with Crippen molar-refractivity contribution in [2.75, 3.05) is 31.6 Å². The second kappa shape index (κ2) is 6.49. The Labute approximate surface area is 145 Å². The number of nitrogens with zero attached hydrogens (tertiary/aromatic N) is 6. The van der Waals surface area contributed by atoms with Crippen molar-refractivity contribution in [1.29, 1.82) is 0 Å². The number of rotatable bonds is 5. The molecule has 6 nitrogen and oxygen atoms in total. The maximum Gasteiger partial charge on any atom is 0.203 e. The van der Waals surface area contributed by atoms with Crippen LogP contribution in [0.2, 0.25) is 0 Å². The summed E-state index contributed by atoms with van der Waals surface area (Å²) in [7, 11) is 2.10. The molecule has 1 aliphatic heterocycles. The lowest BCUT2D eigenvalue weighted by atomic mass is 10.1. The van der Waals surface area contributed by atoms with Crippen LogP contribution in [0.3, 0.4) is 0 Å². The maximum absolute atomic E-state index is 4.50. The van der Waals surface area contributed by atoms with Crippen LogP contribution in [0, 0.1) is 12.8 Å². The number of aryl methyl sites for hydroxylation is 1. The Bertz CT molecular complexity index is 825. The molecule has 0 unspecified atom stereocenters. The second-order valence-corrected chi connectivity index (χ2v) is 7.97. The van der Waals surface area contributed by atoms with Crippen LogP contribution in [0.1, 0.15) is 16.2 Å². The molecule has 3 aromatic rings. The number of thiophene rings is 1. The molecule has 4 heterocycles. The Morgan fingerprint density at radius 3 is 3.12 bits per heavy atom. The number of aromatic nitrogens is 4. The fraction of sp³-hybridized carbons (Fsp3) is 0.471. The normalized spacial score (nSPS) is 18.5. The molecule has 0 aromatic carbocycles. The maximum atomic E-state index is 4.50. The van der Waals surface area contributed by atoms with Crippen LogP contribution in [-0.4, -0.2) is 51.2 Å². The van der Waals surface area contributed by atoms with Crippen LogP contribution in [-0.2, 0) is 6.54 Å². The number of hydrogen-bond acceptors (Lipinski definition) is 6. The number of fused-ring (bicyclic) bond motifs is 1. The van der Waals surface area contributed by atoms with Gasteiger partial charge in [-0.25, -0.2) is 4.98 Å². The summed E-state index contributed by atoms with van der Waals surface area (Å²) in [5.41, 5.74) is 0.823. The molecular formula is C17H22N6S. The van der Waals surface area contributed by atoms with E-state index in [1.807, 2.05) is 28.1 Å². The minimum absolute atomic E-state index is 0.668. The summed E-state index contributed by atoms with van der Waals surface area (Å²) in [6.45, 7) is 6.58. The summed E-state index contributed by atoms with van der Waals surface area (Å²) in [5, 5.41) is 8.16. The molecule has 0 aliphatic carbocycles. The van der Waals surface area contributed by atoms with Crippen molar-refractivity contribution in [1.82, 2.24) is 24.5 Å². The van der Waals surface area contributed by atoms with Crippen LogP contribution in [0.4, 0.5) is 5.82 Å². The summed E-state index contributed by atoms with van der Waals surface area (Å²) in [6.07, 6.45) is 6.65. The summed E-state index contributed by atoms with van der Waals surface area (Å²) in [5.74, 6) is 1.57. The zero-order valence-electron chi connectivity index (χ0n) is 14.1. The standard InChI is InChI=1S/C17H22N6S/c1-13-3-4-15(24-13)11-22-7-5-14(10-22)9-21(2)16-17-20-19-12-23(17)8-6-18-16/h3-4,6,8,12,14H,5,7,9-11H2,1-2H3/t14-/m1/s1. The van der Waals surface area contributed by atoms with Crippen molar-refractivity contribution < 1.29 is 0 Å². The molecule has 1 saturated heterocycles. The largest absolute Gasteiger partial charge is 0.356 e. The van der Waals surface area contributed by atoms with E-state index in [4.69, 9.17) is 0 Å². The van der Waals surface area contributed by atoms with E-state index in [0.717, 1.165) is 31.1 Å². The van der Waals surface area contributed by atoms with Gasteiger partial charge in [-0.15, -0.1) is 21.5 Å². The minimum Gasteiger partial charge on any atom is -0.356 e. The molecule has 0 bridgehead atoms. The van der Waals surface area contributed by atoms with Crippen LogP contribution in [0.5, 0.6) is 0 Å². The molecule has 1 aliphatic rings. The van der Waals surface area contributed by atoms with Gasteiger partial charge in [-0.2, -0.15) is 0 Å². The minimum atomic E-state index is 0.668. The fourth-order valence-corrected chi connectivity index (χ4v) is 4.42. The van der Waals surface area contributed by atoms with Crippen LogP contribution < -0.4 is 4.90 Å². The fourth-order valence-electron chi connectivity index (χ4n) is 3.48. The highest BCUT2D eigenvalue weighted by Crippen LogP contribution is 2.24. The monoisotopic (exact) mass is 342 g/mol. The lowest BCUT2D eigenvalue weighted by molar-refractivity contribution is 0.320. The van der Waals surface area contributed by atoms with Crippen LogP contribution in [0.25, 0.3) is 5.65 Å². The van der Waals surface area contributed by atoms with Crippen LogP contribution in [0.15, 0.2) is 30.9 Å². The van der Waals surface area contributed by atoms with Gasteiger partial charge in [0, 0.05) is 48.8 Å². The van der Waals surface area contributed by atoms with Gasteiger partial charge in [0.1, 0.15) is 6.33 Å². The SMILES string of the molecule is Cc1ccc(CN2CC[C@H](CN(C)c3nccn4cnnc34)C2)s1. The predicted molar refractivity (Wildman–Crippen MR) is 96.5 cm³/mol. The molecular weight excluding hydrogens is 320 g/mol. The van der Waals surface area contributed by atoms with E-state index < -0.39 is 0 Å². The summed E-state index contributed by atoms with van der Waals surface area (Å²) >= 11 is 1.91. The highest BCUT2D eigenvalue weighted by Gasteiger charge is 2.25. The van der Waals surface area contributed by atoms with E-state index >= 15 is 0 Å². The topological polar surface area (TPSA) is 49.6 Å². The third kappa shape index (κ3) is 3.14. The first kappa shape index (κ1) is 15.5. The van der Waals surface area contributed by atoms with Gasteiger partial charge < -0.3 is 4.90 Å². The van der Waals surface area contributed by atoms with E-state index in [0.29, 0.717) is 5.92 Å². The third-order valence-corrected chi connectivity index (χ3v) is 5.62. The van der Waals surface area contributed by atoms with Gasteiger partial charge in [0.05, 0.1) is 0 Å². The predicted octanol–water partition coefficient (Wildman–Crippen LogP) is 2.45. The average molecular weight is 342 g/mol. The molecule has 0 saturated carbocycles. The van der Waals surface area contributed by atoms with Gasteiger partial charge in [-0.3, -0.25) is 9.30 Å². The molecule has 0 amide bonds. The van der Waals surface area contributed by atoms with Gasteiger partial charge in [-0.1, -0.05) is 0 Å². The first-order valence-corrected chi connectivity index (χ1v) is 9.14. The van der Waals surface area contributed by atoms with Gasteiger partial charge in [0.2, 0.25) is 5.65 Å². The quantitative estimate of drug-likeness (QED) is 0.713. The Kier molecular flexibility index (Phi) is 4.20. The van der Waals surface area contributed by atoms with E-state index in [2.05, 4.69) is 51.1 Å². The van der Waals surface area contributed by atoms with E-state index in [9.17, 15) is 0 Å². The van der Waals surface area contributed by atoms with Crippen molar-refractivity contribution >= 4 is 22.8 Å². The third-order valence-electron chi connectivity index (χ3n) is 4.64. The molecule has 24 heavy (non-hydrogen) atoms. The van der Waals surface area contributed by atoms with E-state index in [1.54, 1.807) is 6.33 Å². The average Bonchev–Trinajstić information content (AvgIpc) is 3.28. The van der Waals surface area contributed by atoms with E-state index in [1.165, 1.54) is 22.7 Å². The highest BCUT2D eigenvalue weighted by molar-refractivity contribution is 7.11. The highest BCUT2D eigenvalue weighted by atomic mass is 32.1. The van der Waals surface area contributed by atoms with Crippen molar-refractivity contribution in [3.05, 3.63) is 40.6 Å². The van der Waals surface area contributed by atoms with Gasteiger partial charge >= 0.3 is 0 Å². The lowest BCUT2D eigenvalue weighted by Gasteiger charge is -2.22. The molecule has 0 N–H and O–H groups in total. The zero-order valence-corrected chi connectivity index (χ0v) is 14.9. The first-order chi connectivity index (χ1) is 11.7. The number of likely N-dealkylation sites (tertiary alicyclic amines) is 1. The lowest BCUT2D eigenvalue weighted by Crippen LogP contribution is -2.29. The molecule has 1 atom stereocenters. The second-order valence-electron chi connectivity index (χ2n) is 6.60. The molecule has 3 aromatic heterocycles. The Hall–Kier alpha value is -1.99. The number of hydrogen-bond donors (Lipinski definition) is 0. The van der Waals surface area contributed by atoms with E-state index in [-0.39, 0.29) is 0 Å². The van der Waals surface area contributed by atoms with Crippen molar-refractivity contribution in [2.24, 2.45) is 5.92 Å². The summed E-state index contributed by atoms with van der Waals surface area (Å²) < 4.78 is 1.92. The van der Waals surface area contributed by atoms with Gasteiger partial charge in [0.15, 0.2) is 5.82 Å². The summed E-state index contributed by atoms with van der Waals surface area (Å²) in [4.78, 5) is 12.1. The van der Waals surface area contributed by atoms with Crippen molar-refractivity contribution in [2.45, 2.75) is 19.9 Å². The van der Waals surface area contributed by atoms with Gasteiger partial charge in [-0.05, 0) is 37.9 Å². The van der Waals surface area contributed by atoms with Crippen molar-refractivity contribution in [3.8, 4) is 0 Å². The molecule has 126 valence electrons. The smallest absolute Gasteiger partial charge is 0.203 e. The molecule has 4 rings (SSSR count). The molecule has 0 radical (unpaired) electrons.